The number of anilines is 1. The molecule has 0 spiro atoms. The number of fused-ring (bicyclic) bond motifs is 1. The van der Waals surface area contributed by atoms with Gasteiger partial charge >= 0.3 is 0 Å². The molecule has 6 heteroatoms. The molecule has 0 aromatic carbocycles. The smallest absolute Gasteiger partial charge is 0.193 e. The first-order chi connectivity index (χ1) is 11.2. The Morgan fingerprint density at radius 2 is 1.96 bits per heavy atom. The summed E-state index contributed by atoms with van der Waals surface area (Å²) in [4.78, 5) is 13.5. The van der Waals surface area contributed by atoms with Gasteiger partial charge in [0.25, 0.3) is 0 Å². The monoisotopic (exact) mass is 443 g/mol. The molecule has 1 aromatic rings. The lowest BCUT2D eigenvalue weighted by Gasteiger charge is -2.23. The SMILES string of the molecule is CN=C(NCc1cccnc1N(C)C)N1CC2CCCCC2C1.I. The van der Waals surface area contributed by atoms with Gasteiger partial charge in [0.05, 0.1) is 0 Å². The van der Waals surface area contributed by atoms with Gasteiger partial charge in [0.15, 0.2) is 5.96 Å². The number of rotatable bonds is 3. The quantitative estimate of drug-likeness (QED) is 0.443. The van der Waals surface area contributed by atoms with E-state index in [1.165, 1.54) is 31.2 Å². The first-order valence-corrected chi connectivity index (χ1v) is 8.76. The molecule has 2 unspecified atom stereocenters. The topological polar surface area (TPSA) is 43.8 Å². The number of aromatic nitrogens is 1. The normalized spacial score (nSPS) is 23.5. The zero-order valence-electron chi connectivity index (χ0n) is 15.0. The van der Waals surface area contributed by atoms with Crippen LogP contribution in [0, 0.1) is 11.8 Å². The van der Waals surface area contributed by atoms with Crippen molar-refractivity contribution in [2.45, 2.75) is 32.2 Å². The van der Waals surface area contributed by atoms with Crippen molar-refractivity contribution in [2.24, 2.45) is 16.8 Å². The molecule has 0 amide bonds. The first kappa shape index (κ1) is 19.3. The summed E-state index contributed by atoms with van der Waals surface area (Å²) < 4.78 is 0. The van der Waals surface area contributed by atoms with E-state index in [1.807, 2.05) is 33.4 Å². The van der Waals surface area contributed by atoms with E-state index in [0.29, 0.717) is 0 Å². The van der Waals surface area contributed by atoms with E-state index in [-0.39, 0.29) is 24.0 Å². The van der Waals surface area contributed by atoms with Gasteiger partial charge in [-0.25, -0.2) is 4.98 Å². The highest BCUT2D eigenvalue weighted by molar-refractivity contribution is 14.0. The van der Waals surface area contributed by atoms with Crippen LogP contribution in [-0.2, 0) is 6.54 Å². The fourth-order valence-corrected chi connectivity index (χ4v) is 4.06. The van der Waals surface area contributed by atoms with E-state index in [9.17, 15) is 0 Å². The summed E-state index contributed by atoms with van der Waals surface area (Å²) in [7, 11) is 5.96. The Morgan fingerprint density at radius 1 is 1.29 bits per heavy atom. The fraction of sp³-hybridized carbons (Fsp3) is 0.667. The van der Waals surface area contributed by atoms with Crippen molar-refractivity contribution in [3.05, 3.63) is 23.9 Å². The van der Waals surface area contributed by atoms with E-state index in [4.69, 9.17) is 0 Å². The number of nitrogens with one attached hydrogen (secondary N) is 1. The standard InChI is InChI=1S/C18H29N5.HI/c1-19-18(23-12-15-7-4-5-8-16(15)13-23)21-11-14-9-6-10-20-17(14)22(2)3;/h6,9-10,15-16H,4-5,7-8,11-13H2,1-3H3,(H,19,21);1H. The molecule has 2 heterocycles. The Hall–Kier alpha value is -1.05. The number of pyridine rings is 1. The number of halogens is 1. The van der Waals surface area contributed by atoms with Gasteiger partial charge in [0.2, 0.25) is 0 Å². The maximum absolute atomic E-state index is 4.51. The van der Waals surface area contributed by atoms with Crippen LogP contribution >= 0.6 is 24.0 Å². The van der Waals surface area contributed by atoms with Gasteiger partial charge < -0.3 is 15.1 Å². The minimum absolute atomic E-state index is 0. The van der Waals surface area contributed by atoms with Gasteiger partial charge in [-0.2, -0.15) is 0 Å². The van der Waals surface area contributed by atoms with Crippen LogP contribution in [0.2, 0.25) is 0 Å². The minimum Gasteiger partial charge on any atom is -0.362 e. The van der Waals surface area contributed by atoms with Crippen LogP contribution in [0.15, 0.2) is 23.3 Å². The molecule has 1 saturated heterocycles. The van der Waals surface area contributed by atoms with Gasteiger partial charge in [0.1, 0.15) is 5.82 Å². The van der Waals surface area contributed by atoms with E-state index >= 15 is 0 Å². The maximum atomic E-state index is 4.51. The highest BCUT2D eigenvalue weighted by atomic mass is 127. The van der Waals surface area contributed by atoms with Crippen molar-refractivity contribution in [3.8, 4) is 0 Å². The summed E-state index contributed by atoms with van der Waals surface area (Å²) in [5, 5.41) is 3.54. The molecule has 1 aromatic heterocycles. The predicted molar refractivity (Wildman–Crippen MR) is 111 cm³/mol. The average Bonchev–Trinajstić information content (AvgIpc) is 2.99. The average molecular weight is 443 g/mol. The molecule has 0 bridgehead atoms. The highest BCUT2D eigenvalue weighted by Crippen LogP contribution is 2.35. The lowest BCUT2D eigenvalue weighted by molar-refractivity contribution is 0.299. The number of aliphatic imine (C=N–C) groups is 1. The van der Waals surface area contributed by atoms with Crippen LogP contribution in [-0.4, -0.2) is 50.1 Å². The molecule has 0 radical (unpaired) electrons. The van der Waals surface area contributed by atoms with Crippen LogP contribution < -0.4 is 10.2 Å². The molecule has 134 valence electrons. The van der Waals surface area contributed by atoms with Crippen molar-refractivity contribution in [2.75, 3.05) is 39.1 Å². The summed E-state index contributed by atoms with van der Waals surface area (Å²) >= 11 is 0. The number of hydrogen-bond acceptors (Lipinski definition) is 3. The molecule has 5 nitrogen and oxygen atoms in total. The summed E-state index contributed by atoms with van der Waals surface area (Å²) in [5.41, 5.74) is 1.20. The van der Waals surface area contributed by atoms with Crippen molar-refractivity contribution in [3.63, 3.8) is 0 Å². The molecule has 2 atom stereocenters. The third-order valence-corrected chi connectivity index (χ3v) is 5.22. The molecule has 3 rings (SSSR count). The number of guanidine groups is 1. The molecule has 1 aliphatic carbocycles. The predicted octanol–water partition coefficient (Wildman–Crippen LogP) is 2.96. The summed E-state index contributed by atoms with van der Waals surface area (Å²) in [6.45, 7) is 3.09. The second-order valence-corrected chi connectivity index (χ2v) is 6.99. The lowest BCUT2D eigenvalue weighted by atomic mass is 9.82. The van der Waals surface area contributed by atoms with Crippen LogP contribution in [0.5, 0.6) is 0 Å². The second-order valence-electron chi connectivity index (χ2n) is 6.99. The van der Waals surface area contributed by atoms with Gasteiger partial charge in [-0.05, 0) is 30.7 Å². The number of nitrogens with zero attached hydrogens (tertiary/aromatic N) is 4. The second kappa shape index (κ2) is 8.87. The lowest BCUT2D eigenvalue weighted by Crippen LogP contribution is -2.40. The highest BCUT2D eigenvalue weighted by Gasteiger charge is 2.35. The molecular weight excluding hydrogens is 413 g/mol. The van der Waals surface area contributed by atoms with Gasteiger partial charge in [-0.15, -0.1) is 24.0 Å². The zero-order chi connectivity index (χ0) is 16.2. The molecule has 2 aliphatic rings. The summed E-state index contributed by atoms with van der Waals surface area (Å²) in [5.74, 6) is 3.80. The van der Waals surface area contributed by atoms with Crippen LogP contribution in [0.3, 0.4) is 0 Å². The van der Waals surface area contributed by atoms with Crippen molar-refractivity contribution < 1.29 is 0 Å². The molecule has 1 N–H and O–H groups in total. The van der Waals surface area contributed by atoms with Gasteiger partial charge in [-0.1, -0.05) is 18.9 Å². The third-order valence-electron chi connectivity index (χ3n) is 5.22. The van der Waals surface area contributed by atoms with Crippen molar-refractivity contribution in [1.29, 1.82) is 0 Å². The largest absolute Gasteiger partial charge is 0.362 e. The Morgan fingerprint density at radius 3 is 2.54 bits per heavy atom. The van der Waals surface area contributed by atoms with Gasteiger partial charge in [-0.3, -0.25) is 4.99 Å². The van der Waals surface area contributed by atoms with E-state index < -0.39 is 0 Å². The van der Waals surface area contributed by atoms with Crippen LogP contribution in [0.1, 0.15) is 31.2 Å². The van der Waals surface area contributed by atoms with Crippen LogP contribution in [0.25, 0.3) is 0 Å². The Labute approximate surface area is 162 Å². The molecule has 2 fully saturated rings. The Kier molecular flexibility index (Phi) is 7.13. The molecule has 24 heavy (non-hydrogen) atoms. The van der Waals surface area contributed by atoms with E-state index in [0.717, 1.165) is 43.2 Å². The van der Waals surface area contributed by atoms with E-state index in [2.05, 4.69) is 31.2 Å². The first-order valence-electron chi connectivity index (χ1n) is 8.76. The van der Waals surface area contributed by atoms with Crippen molar-refractivity contribution >= 4 is 35.8 Å². The zero-order valence-corrected chi connectivity index (χ0v) is 17.4. The maximum Gasteiger partial charge on any atom is 0.193 e. The third kappa shape index (κ3) is 4.32. The van der Waals surface area contributed by atoms with Gasteiger partial charge in [0, 0.05) is 52.5 Å². The molecule has 1 aliphatic heterocycles. The Bertz CT molecular complexity index is 546. The fourth-order valence-electron chi connectivity index (χ4n) is 4.06. The number of likely N-dealkylation sites (tertiary alicyclic amines) is 1. The van der Waals surface area contributed by atoms with E-state index in [1.54, 1.807) is 0 Å². The summed E-state index contributed by atoms with van der Waals surface area (Å²) in [6, 6.07) is 4.13. The van der Waals surface area contributed by atoms with Crippen LogP contribution in [0.4, 0.5) is 5.82 Å². The summed E-state index contributed by atoms with van der Waals surface area (Å²) in [6.07, 6.45) is 7.45. The van der Waals surface area contributed by atoms with Crippen molar-refractivity contribution in [1.82, 2.24) is 15.2 Å². The molecule has 1 saturated carbocycles. The number of hydrogen-bond donors (Lipinski definition) is 1. The molecular formula is C18H30IN5. The Balaban J connectivity index is 0.00000208. The minimum atomic E-state index is 0.